The predicted molar refractivity (Wildman–Crippen MR) is 80.2 cm³/mol. The number of hydrogen-bond acceptors (Lipinski definition) is 4. The average molecular weight is 298 g/mol. The normalized spacial score (nSPS) is 15.3. The lowest BCUT2D eigenvalue weighted by molar-refractivity contribution is 0.105. The largest absolute Gasteiger partial charge is 0.450 e. The fraction of sp³-hybridized carbons (Fsp3) is 0.500. The van der Waals surface area contributed by atoms with E-state index < -0.39 is 0 Å². The Balaban J connectivity index is 2.03. The lowest BCUT2D eigenvalue weighted by Gasteiger charge is -2.36. The SMILES string of the molecule is CCOC(=O)N1CCN(c2cc(Cl)ccc2CN)CC1. The Morgan fingerprint density at radius 1 is 1.35 bits per heavy atom. The van der Waals surface area contributed by atoms with Crippen LogP contribution >= 0.6 is 11.6 Å². The van der Waals surface area contributed by atoms with Crippen LogP contribution in [0.5, 0.6) is 0 Å². The zero-order valence-electron chi connectivity index (χ0n) is 11.6. The fourth-order valence-electron chi connectivity index (χ4n) is 2.35. The van der Waals surface area contributed by atoms with E-state index in [4.69, 9.17) is 22.1 Å². The van der Waals surface area contributed by atoms with E-state index in [2.05, 4.69) is 4.90 Å². The van der Waals surface area contributed by atoms with Crippen LogP contribution in [0, 0.1) is 0 Å². The van der Waals surface area contributed by atoms with Gasteiger partial charge in [0.15, 0.2) is 0 Å². The van der Waals surface area contributed by atoms with E-state index in [-0.39, 0.29) is 6.09 Å². The molecule has 1 aromatic carbocycles. The number of amides is 1. The van der Waals surface area contributed by atoms with Gasteiger partial charge < -0.3 is 20.3 Å². The molecular weight excluding hydrogens is 278 g/mol. The van der Waals surface area contributed by atoms with Crippen molar-refractivity contribution in [3.05, 3.63) is 28.8 Å². The van der Waals surface area contributed by atoms with Gasteiger partial charge in [-0.05, 0) is 24.6 Å². The van der Waals surface area contributed by atoms with E-state index >= 15 is 0 Å². The smallest absolute Gasteiger partial charge is 0.409 e. The predicted octanol–water partition coefficient (Wildman–Crippen LogP) is 2.08. The highest BCUT2D eigenvalue weighted by atomic mass is 35.5. The van der Waals surface area contributed by atoms with Crippen LogP contribution in [-0.2, 0) is 11.3 Å². The molecule has 5 nitrogen and oxygen atoms in total. The zero-order valence-corrected chi connectivity index (χ0v) is 12.4. The summed E-state index contributed by atoms with van der Waals surface area (Å²) in [4.78, 5) is 15.6. The summed E-state index contributed by atoms with van der Waals surface area (Å²) in [5, 5.41) is 0.699. The molecule has 0 radical (unpaired) electrons. The summed E-state index contributed by atoms with van der Waals surface area (Å²) in [5.41, 5.74) is 7.90. The first-order chi connectivity index (χ1) is 9.65. The van der Waals surface area contributed by atoms with Gasteiger partial charge in [-0.3, -0.25) is 0 Å². The van der Waals surface area contributed by atoms with Gasteiger partial charge in [-0.1, -0.05) is 17.7 Å². The van der Waals surface area contributed by atoms with Crippen LogP contribution in [0.15, 0.2) is 18.2 Å². The summed E-state index contributed by atoms with van der Waals surface area (Å²) >= 11 is 6.06. The molecule has 0 saturated carbocycles. The van der Waals surface area contributed by atoms with Crippen molar-refractivity contribution in [1.82, 2.24) is 4.90 Å². The van der Waals surface area contributed by atoms with Crippen LogP contribution < -0.4 is 10.6 Å². The monoisotopic (exact) mass is 297 g/mol. The Labute approximate surface area is 124 Å². The highest BCUT2D eigenvalue weighted by molar-refractivity contribution is 6.30. The van der Waals surface area contributed by atoms with Crippen molar-refractivity contribution in [2.24, 2.45) is 5.73 Å². The van der Waals surface area contributed by atoms with E-state index in [1.165, 1.54) is 0 Å². The summed E-state index contributed by atoms with van der Waals surface area (Å²) in [6.45, 7) is 5.51. The van der Waals surface area contributed by atoms with Crippen molar-refractivity contribution >= 4 is 23.4 Å². The van der Waals surface area contributed by atoms with Gasteiger partial charge in [0.25, 0.3) is 0 Å². The van der Waals surface area contributed by atoms with Crippen molar-refractivity contribution in [3.8, 4) is 0 Å². The molecule has 110 valence electrons. The molecule has 0 unspecified atom stereocenters. The maximum atomic E-state index is 11.7. The molecule has 2 N–H and O–H groups in total. The van der Waals surface area contributed by atoms with Crippen LogP contribution in [-0.4, -0.2) is 43.8 Å². The number of halogens is 1. The maximum absolute atomic E-state index is 11.7. The van der Waals surface area contributed by atoms with Gasteiger partial charge in [0.2, 0.25) is 0 Å². The van der Waals surface area contributed by atoms with Crippen LogP contribution in [0.25, 0.3) is 0 Å². The quantitative estimate of drug-likeness (QED) is 0.928. The molecule has 1 aliphatic rings. The minimum absolute atomic E-state index is 0.239. The molecule has 0 aliphatic carbocycles. The Kier molecular flexibility index (Phi) is 5.09. The highest BCUT2D eigenvalue weighted by Crippen LogP contribution is 2.25. The topological polar surface area (TPSA) is 58.8 Å². The van der Waals surface area contributed by atoms with Gasteiger partial charge in [-0.2, -0.15) is 0 Å². The lowest BCUT2D eigenvalue weighted by Crippen LogP contribution is -2.49. The van der Waals surface area contributed by atoms with Crippen molar-refractivity contribution in [3.63, 3.8) is 0 Å². The number of piperazine rings is 1. The number of hydrogen-bond donors (Lipinski definition) is 1. The standard InChI is InChI=1S/C14H20ClN3O2/c1-2-20-14(19)18-7-5-17(6-8-18)13-9-12(15)4-3-11(13)10-16/h3-4,9H,2,5-8,10,16H2,1H3. The number of anilines is 1. The lowest BCUT2D eigenvalue weighted by atomic mass is 10.1. The third-order valence-electron chi connectivity index (χ3n) is 3.41. The molecule has 1 heterocycles. The number of rotatable bonds is 3. The molecule has 0 aromatic heterocycles. The molecule has 0 atom stereocenters. The molecular formula is C14H20ClN3O2. The molecule has 1 saturated heterocycles. The molecule has 0 spiro atoms. The summed E-state index contributed by atoms with van der Waals surface area (Å²) in [6, 6.07) is 5.74. The second-order valence-electron chi connectivity index (χ2n) is 4.65. The third-order valence-corrected chi connectivity index (χ3v) is 3.65. The van der Waals surface area contributed by atoms with Crippen molar-refractivity contribution < 1.29 is 9.53 Å². The van der Waals surface area contributed by atoms with E-state index in [1.54, 1.807) is 4.90 Å². The van der Waals surface area contributed by atoms with E-state index in [0.29, 0.717) is 31.3 Å². The number of nitrogens with two attached hydrogens (primary N) is 1. The molecule has 1 fully saturated rings. The second-order valence-corrected chi connectivity index (χ2v) is 5.09. The fourth-order valence-corrected chi connectivity index (χ4v) is 2.52. The zero-order chi connectivity index (χ0) is 14.5. The summed E-state index contributed by atoms with van der Waals surface area (Å²) in [6.07, 6.45) is -0.239. The van der Waals surface area contributed by atoms with Gasteiger partial charge >= 0.3 is 6.09 Å². The molecule has 1 amide bonds. The number of ether oxygens (including phenoxy) is 1. The minimum atomic E-state index is -0.239. The van der Waals surface area contributed by atoms with Crippen LogP contribution in [0.4, 0.5) is 10.5 Å². The number of carbonyl (C=O) groups is 1. The number of nitrogens with zero attached hydrogens (tertiary/aromatic N) is 2. The Bertz CT molecular complexity index is 473. The van der Waals surface area contributed by atoms with E-state index in [9.17, 15) is 4.79 Å². The average Bonchev–Trinajstić information content (AvgIpc) is 2.47. The van der Waals surface area contributed by atoms with Crippen molar-refractivity contribution in [2.75, 3.05) is 37.7 Å². The first-order valence-corrected chi connectivity index (χ1v) is 7.18. The first kappa shape index (κ1) is 14.9. The first-order valence-electron chi connectivity index (χ1n) is 6.80. The number of carbonyl (C=O) groups excluding carboxylic acids is 1. The van der Waals surface area contributed by atoms with Gasteiger partial charge in [0, 0.05) is 43.4 Å². The summed E-state index contributed by atoms with van der Waals surface area (Å²) in [5.74, 6) is 0. The van der Waals surface area contributed by atoms with E-state index in [1.807, 2.05) is 25.1 Å². The summed E-state index contributed by atoms with van der Waals surface area (Å²) < 4.78 is 5.01. The van der Waals surface area contributed by atoms with Gasteiger partial charge in [-0.25, -0.2) is 4.79 Å². The Hall–Kier alpha value is -1.46. The molecule has 6 heteroatoms. The molecule has 1 aliphatic heterocycles. The maximum Gasteiger partial charge on any atom is 0.409 e. The van der Waals surface area contributed by atoms with E-state index in [0.717, 1.165) is 24.3 Å². The van der Waals surface area contributed by atoms with Crippen LogP contribution in [0.1, 0.15) is 12.5 Å². The van der Waals surface area contributed by atoms with Crippen LogP contribution in [0.2, 0.25) is 5.02 Å². The summed E-state index contributed by atoms with van der Waals surface area (Å²) in [7, 11) is 0. The van der Waals surface area contributed by atoms with Gasteiger partial charge in [0.05, 0.1) is 6.61 Å². The minimum Gasteiger partial charge on any atom is -0.450 e. The molecule has 0 bridgehead atoms. The van der Waals surface area contributed by atoms with Gasteiger partial charge in [0.1, 0.15) is 0 Å². The second kappa shape index (κ2) is 6.81. The Morgan fingerprint density at radius 2 is 2.05 bits per heavy atom. The van der Waals surface area contributed by atoms with Crippen molar-refractivity contribution in [1.29, 1.82) is 0 Å². The molecule has 20 heavy (non-hydrogen) atoms. The molecule has 1 aromatic rings. The highest BCUT2D eigenvalue weighted by Gasteiger charge is 2.23. The third kappa shape index (κ3) is 3.35. The van der Waals surface area contributed by atoms with Crippen LogP contribution in [0.3, 0.4) is 0 Å². The van der Waals surface area contributed by atoms with Gasteiger partial charge in [-0.15, -0.1) is 0 Å². The molecule has 2 rings (SSSR count). The Morgan fingerprint density at radius 3 is 2.65 bits per heavy atom. The van der Waals surface area contributed by atoms with Crippen molar-refractivity contribution in [2.45, 2.75) is 13.5 Å². The number of benzene rings is 1.